The van der Waals surface area contributed by atoms with Gasteiger partial charge in [0, 0.05) is 38.2 Å². The van der Waals surface area contributed by atoms with Gasteiger partial charge >= 0.3 is 0 Å². The molecule has 0 aromatic carbocycles. The molecule has 0 bridgehead atoms. The molecule has 21 heavy (non-hydrogen) atoms. The van der Waals surface area contributed by atoms with Gasteiger partial charge in [0.1, 0.15) is 5.82 Å². The first-order chi connectivity index (χ1) is 10.1. The van der Waals surface area contributed by atoms with Gasteiger partial charge in [0.25, 0.3) is 5.56 Å². The van der Waals surface area contributed by atoms with Crippen molar-refractivity contribution >= 4 is 0 Å². The predicted molar refractivity (Wildman–Crippen MR) is 81.1 cm³/mol. The zero-order chi connectivity index (χ0) is 15.2. The third kappa shape index (κ3) is 4.53. The van der Waals surface area contributed by atoms with Crippen LogP contribution in [0.4, 0.5) is 0 Å². The Morgan fingerprint density at radius 1 is 1.43 bits per heavy atom. The molecule has 0 unspecified atom stereocenters. The molecule has 1 N–H and O–H groups in total. The Morgan fingerprint density at radius 2 is 2.24 bits per heavy atom. The molecular formula is C15H22N4O2. The van der Waals surface area contributed by atoms with Gasteiger partial charge in [-0.25, -0.2) is 4.98 Å². The van der Waals surface area contributed by atoms with Gasteiger partial charge in [-0.15, -0.1) is 0 Å². The van der Waals surface area contributed by atoms with Gasteiger partial charge in [-0.2, -0.15) is 5.10 Å². The van der Waals surface area contributed by atoms with Crippen LogP contribution >= 0.6 is 0 Å². The summed E-state index contributed by atoms with van der Waals surface area (Å²) in [5.41, 5.74) is 1.48. The van der Waals surface area contributed by atoms with Gasteiger partial charge in [-0.1, -0.05) is 13.8 Å². The van der Waals surface area contributed by atoms with Crippen LogP contribution in [0.2, 0.25) is 0 Å². The second-order valence-corrected chi connectivity index (χ2v) is 5.53. The first-order valence-corrected chi connectivity index (χ1v) is 7.20. The first kappa shape index (κ1) is 15.4. The van der Waals surface area contributed by atoms with Crippen LogP contribution in [0.3, 0.4) is 0 Å². The minimum Gasteiger partial charge on any atom is -0.385 e. The van der Waals surface area contributed by atoms with Crippen molar-refractivity contribution in [3.05, 3.63) is 34.5 Å². The van der Waals surface area contributed by atoms with Crippen molar-refractivity contribution in [3.63, 3.8) is 0 Å². The minimum atomic E-state index is -0.135. The van der Waals surface area contributed by atoms with Crippen LogP contribution in [-0.4, -0.2) is 33.5 Å². The van der Waals surface area contributed by atoms with Gasteiger partial charge in [0.2, 0.25) is 0 Å². The van der Waals surface area contributed by atoms with Crippen molar-refractivity contribution in [2.24, 2.45) is 5.92 Å². The second kappa shape index (κ2) is 7.17. The molecule has 0 radical (unpaired) electrons. The fraction of sp³-hybridized carbons (Fsp3) is 0.533. The number of ether oxygens (including phenoxy) is 1. The highest BCUT2D eigenvalue weighted by Gasteiger charge is 2.07. The lowest BCUT2D eigenvalue weighted by Gasteiger charge is -2.04. The molecule has 0 aliphatic carbocycles. The molecule has 6 heteroatoms. The van der Waals surface area contributed by atoms with Gasteiger partial charge in [0.15, 0.2) is 0 Å². The molecule has 2 heterocycles. The highest BCUT2D eigenvalue weighted by atomic mass is 16.5. The summed E-state index contributed by atoms with van der Waals surface area (Å²) in [5, 5.41) is 4.30. The van der Waals surface area contributed by atoms with Crippen LogP contribution in [0.25, 0.3) is 11.4 Å². The molecule has 0 saturated carbocycles. The SMILES string of the molecule is COCCCc1cc(=O)[nH]c(-c2cnn(CC(C)C)c2)n1. The Kier molecular flexibility index (Phi) is 5.27. The molecular weight excluding hydrogens is 268 g/mol. The van der Waals surface area contributed by atoms with E-state index in [-0.39, 0.29) is 5.56 Å². The lowest BCUT2D eigenvalue weighted by atomic mass is 10.2. The topological polar surface area (TPSA) is 72.8 Å². The third-order valence-corrected chi connectivity index (χ3v) is 3.03. The first-order valence-electron chi connectivity index (χ1n) is 7.20. The van der Waals surface area contributed by atoms with E-state index in [2.05, 4.69) is 28.9 Å². The summed E-state index contributed by atoms with van der Waals surface area (Å²) in [7, 11) is 1.67. The lowest BCUT2D eigenvalue weighted by Crippen LogP contribution is -2.11. The van der Waals surface area contributed by atoms with Crippen molar-refractivity contribution in [2.45, 2.75) is 33.2 Å². The smallest absolute Gasteiger partial charge is 0.251 e. The summed E-state index contributed by atoms with van der Waals surface area (Å²) in [4.78, 5) is 19.0. The summed E-state index contributed by atoms with van der Waals surface area (Å²) in [6.07, 6.45) is 5.22. The standard InChI is InChI=1S/C15H22N4O2/c1-11(2)9-19-10-12(8-16-19)15-17-13(5-4-6-21-3)7-14(20)18-15/h7-8,10-11H,4-6,9H2,1-3H3,(H,17,18,20). The van der Waals surface area contributed by atoms with E-state index < -0.39 is 0 Å². The molecule has 0 aliphatic heterocycles. The Balaban J connectivity index is 2.18. The summed E-state index contributed by atoms with van der Waals surface area (Å²) < 4.78 is 6.89. The van der Waals surface area contributed by atoms with Crippen molar-refractivity contribution in [3.8, 4) is 11.4 Å². The van der Waals surface area contributed by atoms with E-state index in [0.717, 1.165) is 30.6 Å². The van der Waals surface area contributed by atoms with Gasteiger partial charge in [0.05, 0.1) is 11.8 Å². The van der Waals surface area contributed by atoms with Crippen LogP contribution in [-0.2, 0) is 17.7 Å². The number of methoxy groups -OCH3 is 1. The van der Waals surface area contributed by atoms with E-state index in [0.29, 0.717) is 18.3 Å². The number of nitrogens with zero attached hydrogens (tertiary/aromatic N) is 3. The van der Waals surface area contributed by atoms with Crippen LogP contribution < -0.4 is 5.56 Å². The predicted octanol–water partition coefficient (Wildman–Crippen LogP) is 1.87. The average molecular weight is 290 g/mol. The number of aryl methyl sites for hydroxylation is 1. The maximum absolute atomic E-state index is 11.7. The van der Waals surface area contributed by atoms with Gasteiger partial charge in [-0.3, -0.25) is 9.48 Å². The minimum absolute atomic E-state index is 0.135. The van der Waals surface area contributed by atoms with Crippen molar-refractivity contribution in [2.75, 3.05) is 13.7 Å². The Hall–Kier alpha value is -1.95. The molecule has 0 saturated heterocycles. The highest BCUT2D eigenvalue weighted by Crippen LogP contribution is 2.13. The fourth-order valence-electron chi connectivity index (χ4n) is 2.13. The number of aromatic amines is 1. The Morgan fingerprint density at radius 3 is 2.95 bits per heavy atom. The molecule has 2 rings (SSSR count). The number of nitrogens with one attached hydrogen (secondary N) is 1. The van der Waals surface area contributed by atoms with Crippen molar-refractivity contribution < 1.29 is 4.74 Å². The second-order valence-electron chi connectivity index (χ2n) is 5.53. The zero-order valence-electron chi connectivity index (χ0n) is 12.8. The number of rotatable bonds is 7. The molecule has 2 aromatic rings. The van der Waals surface area contributed by atoms with Crippen LogP contribution in [0, 0.1) is 5.92 Å². The molecule has 0 fully saturated rings. The molecule has 0 atom stereocenters. The number of hydrogen-bond donors (Lipinski definition) is 1. The monoisotopic (exact) mass is 290 g/mol. The van der Waals surface area contributed by atoms with E-state index in [1.807, 2.05) is 10.9 Å². The summed E-state index contributed by atoms with van der Waals surface area (Å²) in [6.45, 7) is 5.78. The molecule has 2 aromatic heterocycles. The molecule has 0 spiro atoms. The zero-order valence-corrected chi connectivity index (χ0v) is 12.8. The average Bonchev–Trinajstić information content (AvgIpc) is 2.86. The van der Waals surface area contributed by atoms with E-state index >= 15 is 0 Å². The van der Waals surface area contributed by atoms with Crippen LogP contribution in [0.5, 0.6) is 0 Å². The Bertz CT molecular complexity index is 631. The molecule has 0 aliphatic rings. The lowest BCUT2D eigenvalue weighted by molar-refractivity contribution is 0.195. The number of H-pyrrole nitrogens is 1. The van der Waals surface area contributed by atoms with E-state index in [1.165, 1.54) is 6.07 Å². The van der Waals surface area contributed by atoms with E-state index in [1.54, 1.807) is 13.3 Å². The maximum Gasteiger partial charge on any atom is 0.251 e. The summed E-state index contributed by atoms with van der Waals surface area (Å²) >= 11 is 0. The third-order valence-electron chi connectivity index (χ3n) is 3.03. The summed E-state index contributed by atoms with van der Waals surface area (Å²) in [6, 6.07) is 1.54. The van der Waals surface area contributed by atoms with Gasteiger partial charge < -0.3 is 9.72 Å². The molecule has 114 valence electrons. The van der Waals surface area contributed by atoms with Crippen LogP contribution in [0.15, 0.2) is 23.3 Å². The fourth-order valence-corrected chi connectivity index (χ4v) is 2.13. The summed E-state index contributed by atoms with van der Waals surface area (Å²) in [5.74, 6) is 1.09. The van der Waals surface area contributed by atoms with E-state index in [9.17, 15) is 4.79 Å². The molecule has 0 amide bonds. The highest BCUT2D eigenvalue weighted by molar-refractivity contribution is 5.51. The quantitative estimate of drug-likeness (QED) is 0.790. The van der Waals surface area contributed by atoms with Crippen LogP contribution in [0.1, 0.15) is 26.0 Å². The molecule has 6 nitrogen and oxygen atoms in total. The van der Waals surface area contributed by atoms with E-state index in [4.69, 9.17) is 4.74 Å². The largest absolute Gasteiger partial charge is 0.385 e. The van der Waals surface area contributed by atoms with Crippen molar-refractivity contribution in [1.82, 2.24) is 19.7 Å². The normalized spacial score (nSPS) is 11.2. The van der Waals surface area contributed by atoms with Gasteiger partial charge in [-0.05, 0) is 18.8 Å². The maximum atomic E-state index is 11.7. The Labute approximate surface area is 124 Å². The number of hydrogen-bond acceptors (Lipinski definition) is 4. The van der Waals surface area contributed by atoms with Crippen molar-refractivity contribution in [1.29, 1.82) is 0 Å². The number of aromatic nitrogens is 4.